The van der Waals surface area contributed by atoms with Gasteiger partial charge in [0.1, 0.15) is 5.65 Å². The van der Waals surface area contributed by atoms with E-state index >= 15 is 0 Å². The lowest BCUT2D eigenvalue weighted by Crippen LogP contribution is -2.37. The quantitative estimate of drug-likeness (QED) is 0.709. The molecule has 0 aromatic carbocycles. The van der Waals surface area contributed by atoms with Gasteiger partial charge in [-0.05, 0) is 19.1 Å². The Hall–Kier alpha value is -2.19. The fourth-order valence-electron chi connectivity index (χ4n) is 2.59. The number of nitrogens with zero attached hydrogens (tertiary/aromatic N) is 4. The van der Waals surface area contributed by atoms with Gasteiger partial charge in [0, 0.05) is 25.2 Å². The van der Waals surface area contributed by atoms with Crippen molar-refractivity contribution in [2.24, 2.45) is 0 Å². The standard InChI is InChI=1S/C14H14N4O/c1-10-3-2-4-13-16-12-5-7-17(8-6-15)9-11(12)14(19)18(10)13/h2-4H,5,7-9H2,1H3. The third kappa shape index (κ3) is 1.90. The summed E-state index contributed by atoms with van der Waals surface area (Å²) >= 11 is 0. The molecule has 5 nitrogen and oxygen atoms in total. The molecule has 0 radical (unpaired) electrons. The molecule has 0 atom stereocenters. The van der Waals surface area contributed by atoms with E-state index in [1.165, 1.54) is 0 Å². The Labute approximate surface area is 110 Å². The third-order valence-electron chi connectivity index (χ3n) is 3.56. The Morgan fingerprint density at radius 2 is 2.32 bits per heavy atom. The molecule has 0 saturated carbocycles. The van der Waals surface area contributed by atoms with E-state index in [1.807, 2.05) is 30.0 Å². The highest BCUT2D eigenvalue weighted by atomic mass is 16.1. The summed E-state index contributed by atoms with van der Waals surface area (Å²) in [5.41, 5.74) is 3.20. The van der Waals surface area contributed by atoms with Gasteiger partial charge in [-0.2, -0.15) is 5.26 Å². The fraction of sp³-hybridized carbons (Fsp3) is 0.357. The molecule has 0 fully saturated rings. The number of nitriles is 1. The van der Waals surface area contributed by atoms with Gasteiger partial charge in [-0.25, -0.2) is 4.98 Å². The normalized spacial score (nSPS) is 15.2. The van der Waals surface area contributed by atoms with Gasteiger partial charge in [0.05, 0.1) is 23.9 Å². The van der Waals surface area contributed by atoms with Crippen molar-refractivity contribution in [1.29, 1.82) is 5.26 Å². The number of aryl methyl sites for hydroxylation is 1. The van der Waals surface area contributed by atoms with Crippen LogP contribution in [0.3, 0.4) is 0 Å². The van der Waals surface area contributed by atoms with E-state index in [1.54, 1.807) is 4.40 Å². The van der Waals surface area contributed by atoms with Crippen LogP contribution >= 0.6 is 0 Å². The maximum atomic E-state index is 12.6. The minimum atomic E-state index is 0.000685. The van der Waals surface area contributed by atoms with Crippen LogP contribution in [-0.4, -0.2) is 27.4 Å². The van der Waals surface area contributed by atoms with Gasteiger partial charge in [0.25, 0.3) is 5.56 Å². The summed E-state index contributed by atoms with van der Waals surface area (Å²) in [4.78, 5) is 19.1. The Morgan fingerprint density at radius 3 is 3.11 bits per heavy atom. The van der Waals surface area contributed by atoms with E-state index in [9.17, 15) is 4.79 Å². The monoisotopic (exact) mass is 254 g/mol. The van der Waals surface area contributed by atoms with Gasteiger partial charge in [-0.15, -0.1) is 0 Å². The average Bonchev–Trinajstić information content (AvgIpc) is 2.40. The predicted octanol–water partition coefficient (Wildman–Crippen LogP) is 0.885. The third-order valence-corrected chi connectivity index (χ3v) is 3.56. The van der Waals surface area contributed by atoms with Crippen LogP contribution < -0.4 is 5.56 Å². The number of hydrogen-bond acceptors (Lipinski definition) is 4. The molecule has 19 heavy (non-hydrogen) atoms. The lowest BCUT2D eigenvalue weighted by molar-refractivity contribution is 0.280. The maximum Gasteiger partial charge on any atom is 0.262 e. The number of rotatable bonds is 1. The van der Waals surface area contributed by atoms with Crippen molar-refractivity contribution in [3.63, 3.8) is 0 Å². The highest BCUT2D eigenvalue weighted by Crippen LogP contribution is 2.15. The molecule has 0 saturated heterocycles. The summed E-state index contributed by atoms with van der Waals surface area (Å²) in [6, 6.07) is 7.80. The summed E-state index contributed by atoms with van der Waals surface area (Å²) in [6.07, 6.45) is 0.733. The largest absolute Gasteiger partial charge is 0.286 e. The predicted molar refractivity (Wildman–Crippen MR) is 70.8 cm³/mol. The van der Waals surface area contributed by atoms with Crippen LogP contribution in [0.15, 0.2) is 23.0 Å². The first kappa shape index (κ1) is 11.9. The van der Waals surface area contributed by atoms with Gasteiger partial charge >= 0.3 is 0 Å². The molecule has 1 aliphatic rings. The van der Waals surface area contributed by atoms with Crippen molar-refractivity contribution in [3.8, 4) is 6.07 Å². The van der Waals surface area contributed by atoms with Crippen LogP contribution in [0.2, 0.25) is 0 Å². The first-order chi connectivity index (χ1) is 9.20. The molecule has 0 spiro atoms. The van der Waals surface area contributed by atoms with Crippen molar-refractivity contribution >= 4 is 5.65 Å². The van der Waals surface area contributed by atoms with E-state index in [0.29, 0.717) is 18.7 Å². The molecule has 2 aromatic heterocycles. The Balaban J connectivity index is 2.20. The summed E-state index contributed by atoms with van der Waals surface area (Å²) in [5, 5.41) is 8.76. The second kappa shape index (κ2) is 4.48. The highest BCUT2D eigenvalue weighted by Gasteiger charge is 2.21. The Bertz CT molecular complexity index is 741. The summed E-state index contributed by atoms with van der Waals surface area (Å²) in [6.45, 7) is 3.56. The first-order valence-electron chi connectivity index (χ1n) is 6.30. The van der Waals surface area contributed by atoms with E-state index < -0.39 is 0 Å². The van der Waals surface area contributed by atoms with Crippen molar-refractivity contribution in [1.82, 2.24) is 14.3 Å². The van der Waals surface area contributed by atoms with Crippen LogP contribution in [0.25, 0.3) is 5.65 Å². The maximum absolute atomic E-state index is 12.6. The molecule has 0 unspecified atom stereocenters. The number of aromatic nitrogens is 2. The second-order valence-corrected chi connectivity index (χ2v) is 4.82. The minimum absolute atomic E-state index is 0.000685. The molecule has 0 N–H and O–H groups in total. The van der Waals surface area contributed by atoms with Gasteiger partial charge in [0.2, 0.25) is 0 Å². The topological polar surface area (TPSA) is 61.4 Å². The molecular weight excluding hydrogens is 240 g/mol. The van der Waals surface area contributed by atoms with E-state index in [0.717, 1.165) is 29.9 Å². The van der Waals surface area contributed by atoms with Gasteiger partial charge in [-0.3, -0.25) is 14.1 Å². The SMILES string of the molecule is Cc1cccc2nc3c(c(=O)n12)CN(CC#N)CC3. The van der Waals surface area contributed by atoms with Crippen molar-refractivity contribution in [3.05, 3.63) is 45.5 Å². The van der Waals surface area contributed by atoms with Gasteiger partial charge in [0.15, 0.2) is 0 Å². The molecule has 3 rings (SSSR count). The lowest BCUT2D eigenvalue weighted by atomic mass is 10.1. The van der Waals surface area contributed by atoms with Crippen LogP contribution in [-0.2, 0) is 13.0 Å². The average molecular weight is 254 g/mol. The lowest BCUT2D eigenvalue weighted by Gasteiger charge is -2.25. The summed E-state index contributed by atoms with van der Waals surface area (Å²) in [5.74, 6) is 0. The molecule has 0 bridgehead atoms. The number of hydrogen-bond donors (Lipinski definition) is 0. The van der Waals surface area contributed by atoms with Crippen molar-refractivity contribution < 1.29 is 0 Å². The van der Waals surface area contributed by atoms with Crippen LogP contribution in [0.4, 0.5) is 0 Å². The van der Waals surface area contributed by atoms with Gasteiger partial charge in [-0.1, -0.05) is 6.07 Å². The molecule has 5 heteroatoms. The van der Waals surface area contributed by atoms with Crippen molar-refractivity contribution in [2.75, 3.05) is 13.1 Å². The van der Waals surface area contributed by atoms with Crippen LogP contribution in [0.5, 0.6) is 0 Å². The fourth-order valence-corrected chi connectivity index (χ4v) is 2.59. The summed E-state index contributed by atoms with van der Waals surface area (Å²) in [7, 11) is 0. The number of pyridine rings is 1. The first-order valence-corrected chi connectivity index (χ1v) is 6.30. The summed E-state index contributed by atoms with van der Waals surface area (Å²) < 4.78 is 1.65. The van der Waals surface area contributed by atoms with E-state index in [-0.39, 0.29) is 5.56 Å². The van der Waals surface area contributed by atoms with E-state index in [4.69, 9.17) is 5.26 Å². The molecule has 2 aromatic rings. The van der Waals surface area contributed by atoms with E-state index in [2.05, 4.69) is 11.1 Å². The zero-order chi connectivity index (χ0) is 13.4. The molecule has 96 valence electrons. The molecule has 0 aliphatic carbocycles. The van der Waals surface area contributed by atoms with Crippen molar-refractivity contribution in [2.45, 2.75) is 19.9 Å². The second-order valence-electron chi connectivity index (χ2n) is 4.82. The highest BCUT2D eigenvalue weighted by molar-refractivity contribution is 5.43. The van der Waals surface area contributed by atoms with Crippen LogP contribution in [0, 0.1) is 18.3 Å². The zero-order valence-corrected chi connectivity index (χ0v) is 10.8. The Morgan fingerprint density at radius 1 is 1.47 bits per heavy atom. The van der Waals surface area contributed by atoms with Crippen LogP contribution in [0.1, 0.15) is 17.0 Å². The number of fused-ring (bicyclic) bond motifs is 2. The van der Waals surface area contributed by atoms with Gasteiger partial charge < -0.3 is 0 Å². The molecular formula is C14H14N4O. The molecule has 1 aliphatic heterocycles. The minimum Gasteiger partial charge on any atom is -0.286 e. The zero-order valence-electron chi connectivity index (χ0n) is 10.8. The Kier molecular flexibility index (Phi) is 2.80. The molecule has 3 heterocycles. The smallest absolute Gasteiger partial charge is 0.262 e. The molecule has 0 amide bonds.